The highest BCUT2D eigenvalue weighted by atomic mass is 35.5. The summed E-state index contributed by atoms with van der Waals surface area (Å²) in [7, 11) is -3.98. The average molecular weight is 503 g/mol. The van der Waals surface area contributed by atoms with Gasteiger partial charge in [0, 0.05) is 5.69 Å². The third kappa shape index (κ3) is 4.95. The molecule has 0 saturated heterocycles. The lowest BCUT2D eigenvalue weighted by atomic mass is 10.2. The number of nitrogens with zero attached hydrogens (tertiary/aromatic N) is 1. The van der Waals surface area contributed by atoms with E-state index in [4.69, 9.17) is 16.3 Å². The van der Waals surface area contributed by atoms with Crippen molar-refractivity contribution in [3.8, 4) is 0 Å². The fourth-order valence-electron chi connectivity index (χ4n) is 3.30. The van der Waals surface area contributed by atoms with E-state index in [-0.39, 0.29) is 32.6 Å². The second-order valence-corrected chi connectivity index (χ2v) is 10.2. The summed E-state index contributed by atoms with van der Waals surface area (Å²) >= 11 is 7.03. The molecule has 3 aromatic carbocycles. The van der Waals surface area contributed by atoms with Gasteiger partial charge in [0.05, 0.1) is 38.8 Å². The number of benzene rings is 3. The highest BCUT2D eigenvalue weighted by molar-refractivity contribution is 7.92. The first-order valence-electron chi connectivity index (χ1n) is 9.95. The highest BCUT2D eigenvalue weighted by Crippen LogP contribution is 2.26. The van der Waals surface area contributed by atoms with Crippen LogP contribution in [-0.2, 0) is 21.3 Å². The summed E-state index contributed by atoms with van der Waals surface area (Å²) in [5.41, 5.74) is 1.85. The van der Waals surface area contributed by atoms with Crippen LogP contribution in [0.15, 0.2) is 76.4 Å². The molecule has 1 N–H and O–H groups in total. The molecule has 33 heavy (non-hydrogen) atoms. The van der Waals surface area contributed by atoms with Crippen LogP contribution >= 0.6 is 22.9 Å². The Morgan fingerprint density at radius 3 is 2.58 bits per heavy atom. The molecule has 1 heterocycles. The number of halogens is 1. The Hall–Kier alpha value is -3.14. The number of aromatic nitrogens is 1. The zero-order valence-electron chi connectivity index (χ0n) is 17.4. The summed E-state index contributed by atoms with van der Waals surface area (Å²) in [4.78, 5) is 24.4. The van der Waals surface area contributed by atoms with Crippen LogP contribution in [0.3, 0.4) is 0 Å². The van der Waals surface area contributed by atoms with E-state index in [0.29, 0.717) is 16.8 Å². The summed E-state index contributed by atoms with van der Waals surface area (Å²) in [6.45, 7) is 2.22. The monoisotopic (exact) mass is 502 g/mol. The number of rotatable bonds is 7. The van der Waals surface area contributed by atoms with Crippen molar-refractivity contribution in [1.29, 1.82) is 0 Å². The Bertz CT molecular complexity index is 1490. The van der Waals surface area contributed by atoms with Crippen LogP contribution in [0.1, 0.15) is 22.8 Å². The van der Waals surface area contributed by atoms with Crippen molar-refractivity contribution in [1.82, 2.24) is 4.57 Å². The van der Waals surface area contributed by atoms with E-state index in [1.165, 1.54) is 30.3 Å². The normalized spacial score (nSPS) is 11.5. The number of fused-ring (bicyclic) bond motifs is 1. The minimum atomic E-state index is -3.98. The molecular weight excluding hydrogens is 484 g/mol. The van der Waals surface area contributed by atoms with Crippen molar-refractivity contribution in [3.05, 3.63) is 92.5 Å². The largest absolute Gasteiger partial charge is 0.462 e. The maximum Gasteiger partial charge on any atom is 0.339 e. The maximum atomic E-state index is 13.0. The second kappa shape index (κ2) is 9.38. The van der Waals surface area contributed by atoms with E-state index in [2.05, 4.69) is 4.72 Å². The fraction of sp³-hybridized carbons (Fsp3) is 0.130. The lowest BCUT2D eigenvalue weighted by Gasteiger charge is -2.11. The Balaban J connectivity index is 1.64. The zero-order chi connectivity index (χ0) is 23.6. The molecule has 0 amide bonds. The van der Waals surface area contributed by atoms with Crippen LogP contribution in [0, 0.1) is 0 Å². The predicted octanol–water partition coefficient (Wildman–Crippen LogP) is 4.74. The van der Waals surface area contributed by atoms with Gasteiger partial charge in [-0.1, -0.05) is 53.3 Å². The Kier molecular flexibility index (Phi) is 6.55. The van der Waals surface area contributed by atoms with Crippen LogP contribution in [0.2, 0.25) is 5.02 Å². The standard InChI is InChI=1S/C23H19ClN2O5S2/c1-2-31-22(27)18-12-16(8-10-19(18)24)25-33(29,30)17-9-11-20-21(13-17)32-23(28)26(20)14-15-6-4-3-5-7-15/h3-13,25H,2,14H2,1H3. The van der Waals surface area contributed by atoms with Gasteiger partial charge in [0.1, 0.15) is 0 Å². The number of thiazole rings is 1. The number of carbonyl (C=O) groups is 1. The van der Waals surface area contributed by atoms with Crippen LogP contribution in [0.4, 0.5) is 5.69 Å². The third-order valence-corrected chi connectivity index (χ3v) is 7.50. The van der Waals surface area contributed by atoms with E-state index in [1.54, 1.807) is 17.6 Å². The van der Waals surface area contributed by atoms with Crippen LogP contribution < -0.4 is 9.60 Å². The molecule has 170 valence electrons. The molecule has 10 heteroatoms. The molecule has 0 radical (unpaired) electrons. The molecule has 0 aliphatic heterocycles. The maximum absolute atomic E-state index is 13.0. The summed E-state index contributed by atoms with van der Waals surface area (Å²) < 4.78 is 35.5. The van der Waals surface area contributed by atoms with Crippen molar-refractivity contribution < 1.29 is 17.9 Å². The van der Waals surface area contributed by atoms with Gasteiger partial charge in [-0.25, -0.2) is 13.2 Å². The van der Waals surface area contributed by atoms with Gasteiger partial charge in [-0.3, -0.25) is 14.1 Å². The lowest BCUT2D eigenvalue weighted by Crippen LogP contribution is -2.14. The molecule has 0 spiro atoms. The molecular formula is C23H19ClN2O5S2. The molecule has 1 aromatic heterocycles. The Morgan fingerprint density at radius 1 is 1.09 bits per heavy atom. The van der Waals surface area contributed by atoms with E-state index in [1.807, 2.05) is 30.3 Å². The SMILES string of the molecule is CCOC(=O)c1cc(NS(=O)(=O)c2ccc3c(c2)sc(=O)n3Cc2ccccc2)ccc1Cl. The van der Waals surface area contributed by atoms with Crippen molar-refractivity contribution in [2.45, 2.75) is 18.4 Å². The predicted molar refractivity (Wildman–Crippen MR) is 130 cm³/mol. The van der Waals surface area contributed by atoms with Crippen LogP contribution in [-0.4, -0.2) is 25.6 Å². The molecule has 4 aromatic rings. The van der Waals surface area contributed by atoms with Crippen LogP contribution in [0.5, 0.6) is 0 Å². The van der Waals surface area contributed by atoms with Gasteiger partial charge in [0.15, 0.2) is 0 Å². The summed E-state index contributed by atoms with van der Waals surface area (Å²) in [6.07, 6.45) is 0. The van der Waals surface area contributed by atoms with E-state index in [0.717, 1.165) is 16.9 Å². The molecule has 0 bridgehead atoms. The van der Waals surface area contributed by atoms with Crippen molar-refractivity contribution >= 4 is 54.8 Å². The number of hydrogen-bond donors (Lipinski definition) is 1. The van der Waals surface area contributed by atoms with Gasteiger partial charge in [-0.15, -0.1) is 0 Å². The Morgan fingerprint density at radius 2 is 1.85 bits per heavy atom. The molecule has 0 fully saturated rings. The molecule has 0 saturated carbocycles. The summed E-state index contributed by atoms with van der Waals surface area (Å²) in [6, 6.07) is 18.3. The number of hydrogen-bond acceptors (Lipinski definition) is 6. The summed E-state index contributed by atoms with van der Waals surface area (Å²) in [5, 5.41) is 0.155. The lowest BCUT2D eigenvalue weighted by molar-refractivity contribution is 0.0526. The number of nitrogens with one attached hydrogen (secondary N) is 1. The molecule has 0 aliphatic rings. The van der Waals surface area contributed by atoms with Gasteiger partial charge in [-0.05, 0) is 48.9 Å². The number of sulfonamides is 1. The third-order valence-electron chi connectivity index (χ3n) is 4.85. The molecule has 0 atom stereocenters. The number of carbonyl (C=O) groups excluding carboxylic acids is 1. The first kappa shape index (κ1) is 23.0. The van der Waals surface area contributed by atoms with Crippen molar-refractivity contribution in [3.63, 3.8) is 0 Å². The zero-order valence-corrected chi connectivity index (χ0v) is 19.8. The summed E-state index contributed by atoms with van der Waals surface area (Å²) in [5.74, 6) is -0.644. The smallest absolute Gasteiger partial charge is 0.339 e. The first-order chi connectivity index (χ1) is 15.8. The minimum absolute atomic E-state index is 0.00394. The van der Waals surface area contributed by atoms with E-state index in [9.17, 15) is 18.0 Å². The van der Waals surface area contributed by atoms with Crippen molar-refractivity contribution in [2.75, 3.05) is 11.3 Å². The molecule has 0 unspecified atom stereocenters. The van der Waals surface area contributed by atoms with Gasteiger partial charge in [0.2, 0.25) is 0 Å². The first-order valence-corrected chi connectivity index (χ1v) is 12.6. The molecule has 7 nitrogen and oxygen atoms in total. The van der Waals surface area contributed by atoms with Gasteiger partial charge in [-0.2, -0.15) is 0 Å². The average Bonchev–Trinajstić information content (AvgIpc) is 3.10. The highest BCUT2D eigenvalue weighted by Gasteiger charge is 2.19. The number of anilines is 1. The number of ether oxygens (including phenoxy) is 1. The molecule has 4 rings (SSSR count). The number of esters is 1. The fourth-order valence-corrected chi connectivity index (χ4v) is 5.57. The van der Waals surface area contributed by atoms with Crippen molar-refractivity contribution in [2.24, 2.45) is 0 Å². The minimum Gasteiger partial charge on any atom is -0.462 e. The van der Waals surface area contributed by atoms with Gasteiger partial charge < -0.3 is 4.74 Å². The van der Waals surface area contributed by atoms with Gasteiger partial charge >= 0.3 is 10.8 Å². The van der Waals surface area contributed by atoms with Crippen LogP contribution in [0.25, 0.3) is 10.2 Å². The molecule has 0 aliphatic carbocycles. The quantitative estimate of drug-likeness (QED) is 0.368. The van der Waals surface area contributed by atoms with Gasteiger partial charge in [0.25, 0.3) is 10.0 Å². The van der Waals surface area contributed by atoms with E-state index < -0.39 is 16.0 Å². The Labute approximate surface area is 199 Å². The van der Waals surface area contributed by atoms with E-state index >= 15 is 0 Å². The second-order valence-electron chi connectivity index (χ2n) is 7.09. The topological polar surface area (TPSA) is 94.5 Å².